The zero-order valence-electron chi connectivity index (χ0n) is 38.6. The molecule has 0 bridgehead atoms. The predicted molar refractivity (Wildman–Crippen MR) is 244 cm³/mol. The average molecular weight is 764 g/mol. The number of para-hydroxylation sites is 2. The summed E-state index contributed by atoms with van der Waals surface area (Å²) in [5, 5.41) is 11.4. The van der Waals surface area contributed by atoms with Crippen molar-refractivity contribution in [2.45, 2.75) is 79.5 Å². The molecule has 6 aromatic carbocycles. The first kappa shape index (κ1) is 33.8. The van der Waals surface area contributed by atoms with Crippen molar-refractivity contribution < 1.29 is 10.6 Å². The Kier molecular flexibility index (Phi) is 8.90. The lowest BCUT2D eigenvalue weighted by molar-refractivity contribution is 0.477. The van der Waals surface area contributed by atoms with Gasteiger partial charge in [-0.3, -0.25) is 9.55 Å². The number of rotatable bonds is 8. The zero-order chi connectivity index (χ0) is 44.3. The third-order valence-electron chi connectivity index (χ3n) is 11.2. The molecule has 8 rings (SSSR count). The van der Waals surface area contributed by atoms with Crippen molar-refractivity contribution in [1.29, 1.82) is 0 Å². The molecule has 58 heavy (non-hydrogen) atoms. The van der Waals surface area contributed by atoms with Crippen LogP contribution in [0.15, 0.2) is 140 Å². The highest BCUT2D eigenvalue weighted by molar-refractivity contribution is 5.97. The quantitative estimate of drug-likeness (QED) is 0.168. The lowest BCUT2D eigenvalue weighted by atomic mass is 9.83. The summed E-state index contributed by atoms with van der Waals surface area (Å²) in [7, 11) is 0. The van der Waals surface area contributed by atoms with E-state index in [1.807, 2.05) is 73.1 Å². The maximum absolute atomic E-state index is 11.4. The predicted octanol–water partition coefficient (Wildman–Crippen LogP) is 14.6. The summed E-state index contributed by atoms with van der Waals surface area (Å²) in [5.41, 5.74) is 13.9. The van der Waals surface area contributed by atoms with E-state index in [1.54, 1.807) is 18.2 Å². The number of aryl methyl sites for hydroxylation is 2. The minimum absolute atomic E-state index is 0.0326. The highest BCUT2D eigenvalue weighted by Crippen LogP contribution is 2.41. The number of hydrogen-bond donors (Lipinski definition) is 1. The van der Waals surface area contributed by atoms with Crippen molar-refractivity contribution in [1.82, 2.24) is 14.5 Å². The van der Waals surface area contributed by atoms with Crippen LogP contribution in [0.25, 0.3) is 72.7 Å². The van der Waals surface area contributed by atoms with E-state index in [4.69, 9.17) is 15.5 Å². The first-order chi connectivity index (χ1) is 29.3. The van der Waals surface area contributed by atoms with Gasteiger partial charge in [-0.2, -0.15) is 0 Å². The van der Waals surface area contributed by atoms with Gasteiger partial charge in [0, 0.05) is 22.8 Å². The van der Waals surface area contributed by atoms with Crippen molar-refractivity contribution in [3.63, 3.8) is 0 Å². The Balaban J connectivity index is 1.36. The minimum atomic E-state index is -2.52. The Labute approximate surface area is 349 Å². The first-order valence-electron chi connectivity index (χ1n) is 22.1. The second-order valence-electron chi connectivity index (χ2n) is 17.0. The summed E-state index contributed by atoms with van der Waals surface area (Å²) in [4.78, 5) is 10.2. The molecule has 0 aliphatic heterocycles. The molecule has 0 fully saturated rings. The van der Waals surface area contributed by atoms with E-state index in [0.29, 0.717) is 28.1 Å². The van der Waals surface area contributed by atoms with Gasteiger partial charge < -0.3 is 5.11 Å². The number of aromatic hydroxyl groups is 1. The van der Waals surface area contributed by atoms with Crippen molar-refractivity contribution in [2.24, 2.45) is 0 Å². The van der Waals surface area contributed by atoms with Gasteiger partial charge in [0.2, 0.25) is 0 Å². The highest BCUT2D eigenvalue weighted by atomic mass is 16.3. The molecule has 0 amide bonds. The average Bonchev–Trinajstić information content (AvgIpc) is 3.62. The Morgan fingerprint density at radius 3 is 2.09 bits per heavy atom. The van der Waals surface area contributed by atoms with E-state index in [9.17, 15) is 5.11 Å². The van der Waals surface area contributed by atoms with Gasteiger partial charge in [-0.25, -0.2) is 4.98 Å². The highest BCUT2D eigenvalue weighted by Gasteiger charge is 2.23. The molecule has 8 aromatic rings. The molecule has 0 aliphatic rings. The summed E-state index contributed by atoms with van der Waals surface area (Å²) in [6.45, 7) is 14.2. The molecular formula is C54H53N3O. The SMILES string of the molecule is [2H]C([2H])([2H])c1cc(-c2cc(C(C)C)cc(C([2H])(C)C)c2)ccc1-n1c(-c2ccccc2O)nc2c(-c3cc(-c4cc(-c5ccc(C)cc5)ccn4)cc(C(C)(C)C)c3)cccc21. The molecule has 0 aliphatic carbocycles. The Morgan fingerprint density at radius 2 is 1.36 bits per heavy atom. The zero-order valence-corrected chi connectivity index (χ0v) is 34.6. The van der Waals surface area contributed by atoms with Gasteiger partial charge >= 0.3 is 0 Å². The van der Waals surface area contributed by atoms with Gasteiger partial charge in [-0.05, 0) is 136 Å². The van der Waals surface area contributed by atoms with Crippen molar-refractivity contribution in [3.8, 4) is 67.5 Å². The fourth-order valence-corrected chi connectivity index (χ4v) is 7.65. The second kappa shape index (κ2) is 15.2. The van der Waals surface area contributed by atoms with E-state index in [2.05, 4.69) is 108 Å². The van der Waals surface area contributed by atoms with E-state index in [1.165, 1.54) is 5.56 Å². The number of phenols is 1. The number of benzene rings is 6. The number of fused-ring (bicyclic) bond motifs is 1. The normalized spacial score (nSPS) is 13.3. The lowest BCUT2D eigenvalue weighted by Gasteiger charge is -2.22. The molecule has 2 heterocycles. The van der Waals surface area contributed by atoms with Crippen LogP contribution in [0.2, 0.25) is 0 Å². The van der Waals surface area contributed by atoms with Crippen LogP contribution >= 0.6 is 0 Å². The summed E-state index contributed by atoms with van der Waals surface area (Å²) in [6.07, 6.45) is 1.86. The standard InChI is InChI=1S/C54H53N3O/c1-33(2)40-26-41(34(3)4)28-42(27-40)38-21-22-49(36(6)25-38)57-50-15-12-14-46(52(50)56-53(57)47-13-10-11-16-51(47)58)43-29-44(31-45(30-43)54(7,8)9)48-32-39(23-24-55-48)37-19-17-35(5)18-20-37/h10-34,58H,1-9H3/i6D3,33D. The molecule has 0 spiro atoms. The van der Waals surface area contributed by atoms with Crippen LogP contribution in [0, 0.1) is 13.8 Å². The third kappa shape index (κ3) is 7.47. The molecule has 0 atom stereocenters. The van der Waals surface area contributed by atoms with Crippen molar-refractivity contribution in [2.75, 3.05) is 0 Å². The number of hydrogen-bond acceptors (Lipinski definition) is 3. The van der Waals surface area contributed by atoms with E-state index >= 15 is 0 Å². The minimum Gasteiger partial charge on any atom is -0.507 e. The van der Waals surface area contributed by atoms with Crippen molar-refractivity contribution >= 4 is 11.0 Å². The Morgan fingerprint density at radius 1 is 0.655 bits per heavy atom. The third-order valence-corrected chi connectivity index (χ3v) is 11.2. The molecule has 1 N–H and O–H groups in total. The molecule has 0 saturated heterocycles. The Hall–Kier alpha value is -6.26. The molecule has 2 aromatic heterocycles. The van der Waals surface area contributed by atoms with Crippen molar-refractivity contribution in [3.05, 3.63) is 167 Å². The van der Waals surface area contributed by atoms with E-state index in [0.717, 1.165) is 61.3 Å². The van der Waals surface area contributed by atoms with Gasteiger partial charge in [-0.1, -0.05) is 133 Å². The van der Waals surface area contributed by atoms with Gasteiger partial charge in [-0.15, -0.1) is 0 Å². The monoisotopic (exact) mass is 763 g/mol. The molecule has 290 valence electrons. The molecule has 0 saturated carbocycles. The van der Waals surface area contributed by atoms with Crippen LogP contribution in [0.1, 0.15) is 93.6 Å². The van der Waals surface area contributed by atoms with Crippen LogP contribution < -0.4 is 0 Å². The summed E-state index contributed by atoms with van der Waals surface area (Å²) < 4.78 is 37.4. The molecule has 0 unspecified atom stereocenters. The molecule has 0 radical (unpaired) electrons. The van der Waals surface area contributed by atoms with E-state index in [-0.39, 0.29) is 22.6 Å². The van der Waals surface area contributed by atoms with Crippen LogP contribution in [0.4, 0.5) is 0 Å². The lowest BCUT2D eigenvalue weighted by Crippen LogP contribution is -2.11. The van der Waals surface area contributed by atoms with Crippen LogP contribution in [-0.4, -0.2) is 19.6 Å². The van der Waals surface area contributed by atoms with Crippen LogP contribution in [0.5, 0.6) is 5.75 Å². The van der Waals surface area contributed by atoms with Gasteiger partial charge in [0.1, 0.15) is 11.6 Å². The second-order valence-corrected chi connectivity index (χ2v) is 17.0. The number of aromatic nitrogens is 3. The van der Waals surface area contributed by atoms with Gasteiger partial charge in [0.05, 0.1) is 28.0 Å². The number of phenolic OH excluding ortho intramolecular Hbond substituents is 1. The molecular weight excluding hydrogens is 707 g/mol. The van der Waals surface area contributed by atoms with Crippen LogP contribution in [0.3, 0.4) is 0 Å². The maximum atomic E-state index is 11.4. The summed E-state index contributed by atoms with van der Waals surface area (Å²) >= 11 is 0. The van der Waals surface area contributed by atoms with E-state index < -0.39 is 12.7 Å². The largest absolute Gasteiger partial charge is 0.507 e. The van der Waals surface area contributed by atoms with Crippen LogP contribution in [-0.2, 0) is 5.41 Å². The van der Waals surface area contributed by atoms with Gasteiger partial charge in [0.25, 0.3) is 0 Å². The number of imidazole rings is 1. The summed E-state index contributed by atoms with van der Waals surface area (Å²) in [6, 6.07) is 44.0. The Bertz CT molecular complexity index is 2960. The number of pyridine rings is 1. The first-order valence-corrected chi connectivity index (χ1v) is 20.1. The number of nitrogens with zero attached hydrogens (tertiary/aromatic N) is 3. The maximum Gasteiger partial charge on any atom is 0.149 e. The topological polar surface area (TPSA) is 50.9 Å². The smallest absolute Gasteiger partial charge is 0.149 e. The fraction of sp³-hybridized carbons (Fsp3) is 0.222. The molecule has 4 nitrogen and oxygen atoms in total. The fourth-order valence-electron chi connectivity index (χ4n) is 7.65. The summed E-state index contributed by atoms with van der Waals surface area (Å²) in [5.74, 6) is -0.180. The molecule has 4 heteroatoms. The van der Waals surface area contributed by atoms with Gasteiger partial charge in [0.15, 0.2) is 0 Å².